The minimum atomic E-state index is -2.80. The van der Waals surface area contributed by atoms with Crippen molar-refractivity contribution in [1.29, 1.82) is 0 Å². The first-order valence-corrected chi connectivity index (χ1v) is 17.9. The SMILES string of the molecule is CC(C)(C)[Si](O[C@@H]1CC[C@]2(CCCC[C@H]2CCC=O)N(C(=O)OCc2ccccc2)C1)(c1ccccc1)c1ccccc1. The van der Waals surface area contributed by atoms with Crippen molar-refractivity contribution in [2.24, 2.45) is 5.92 Å². The minimum Gasteiger partial charge on any atom is -0.445 e. The normalized spacial score (nSPS) is 22.7. The first kappa shape index (κ1) is 31.2. The van der Waals surface area contributed by atoms with Crippen LogP contribution in [-0.2, 0) is 20.6 Å². The van der Waals surface area contributed by atoms with Gasteiger partial charge in [0, 0.05) is 18.5 Å². The molecule has 3 aromatic carbocycles. The summed E-state index contributed by atoms with van der Waals surface area (Å²) in [6, 6.07) is 31.3. The van der Waals surface area contributed by atoms with Crippen LogP contribution in [0.2, 0.25) is 5.04 Å². The number of likely N-dealkylation sites (tertiary alicyclic amines) is 1. The van der Waals surface area contributed by atoms with Gasteiger partial charge in [-0.15, -0.1) is 0 Å². The van der Waals surface area contributed by atoms with Gasteiger partial charge in [0.15, 0.2) is 0 Å². The van der Waals surface area contributed by atoms with E-state index in [1.54, 1.807) is 0 Å². The second-order valence-electron chi connectivity index (χ2n) is 13.4. The number of piperidine rings is 1. The zero-order valence-electron chi connectivity index (χ0n) is 26.0. The number of amides is 1. The zero-order valence-corrected chi connectivity index (χ0v) is 27.0. The standard InChI is InChI=1S/C37H47NO4Si/c1-36(2,3)43(33-20-9-5-10-21-33,34-22-11-6-12-23-34)42-32-24-26-37(25-14-13-18-31(37)19-15-27-39)38(28-32)35(40)41-29-30-16-7-4-8-17-30/h4-12,16-17,20-23,27,31-32H,13-15,18-19,24-26,28-29H2,1-3H3/t31-,32+,37-/m0/s1. The van der Waals surface area contributed by atoms with Crippen molar-refractivity contribution in [2.75, 3.05) is 6.54 Å². The van der Waals surface area contributed by atoms with Crippen molar-refractivity contribution in [3.8, 4) is 0 Å². The molecular formula is C37H47NO4Si. The van der Waals surface area contributed by atoms with Crippen LogP contribution in [0.5, 0.6) is 0 Å². The fourth-order valence-corrected chi connectivity index (χ4v) is 12.5. The molecule has 0 aromatic heterocycles. The Balaban J connectivity index is 1.51. The molecule has 6 heteroatoms. The van der Waals surface area contributed by atoms with Crippen molar-refractivity contribution in [2.45, 2.75) is 95.4 Å². The van der Waals surface area contributed by atoms with Gasteiger partial charge < -0.3 is 14.0 Å². The lowest BCUT2D eigenvalue weighted by Gasteiger charge is -2.56. The van der Waals surface area contributed by atoms with Crippen LogP contribution in [0.4, 0.5) is 4.79 Å². The van der Waals surface area contributed by atoms with E-state index >= 15 is 0 Å². The van der Waals surface area contributed by atoms with E-state index < -0.39 is 8.32 Å². The summed E-state index contributed by atoms with van der Waals surface area (Å²) < 4.78 is 13.6. The minimum absolute atomic E-state index is 0.130. The highest BCUT2D eigenvalue weighted by Crippen LogP contribution is 2.48. The molecule has 2 fully saturated rings. The van der Waals surface area contributed by atoms with Gasteiger partial charge in [-0.05, 0) is 59.0 Å². The number of carbonyl (C=O) groups excluding carboxylic acids is 2. The Bertz CT molecular complexity index is 1290. The van der Waals surface area contributed by atoms with Crippen LogP contribution < -0.4 is 10.4 Å². The molecule has 5 nitrogen and oxygen atoms in total. The van der Waals surface area contributed by atoms with Crippen molar-refractivity contribution in [1.82, 2.24) is 4.90 Å². The number of nitrogens with zero attached hydrogens (tertiary/aromatic N) is 1. The maximum absolute atomic E-state index is 14.1. The molecule has 0 N–H and O–H groups in total. The van der Waals surface area contributed by atoms with Crippen molar-refractivity contribution in [3.05, 3.63) is 96.6 Å². The molecule has 1 aliphatic heterocycles. The number of rotatable bonds is 9. The van der Waals surface area contributed by atoms with Crippen LogP contribution in [0.15, 0.2) is 91.0 Å². The third-order valence-corrected chi connectivity index (χ3v) is 14.9. The Labute approximate surface area is 258 Å². The molecule has 1 aliphatic carbocycles. The van der Waals surface area contributed by atoms with E-state index in [0.29, 0.717) is 13.0 Å². The molecule has 1 saturated carbocycles. The molecule has 1 amide bonds. The highest BCUT2D eigenvalue weighted by Gasteiger charge is 2.55. The largest absolute Gasteiger partial charge is 0.445 e. The molecule has 0 unspecified atom stereocenters. The molecule has 1 heterocycles. The lowest BCUT2D eigenvalue weighted by molar-refractivity contribution is -0.109. The van der Waals surface area contributed by atoms with E-state index in [0.717, 1.165) is 56.8 Å². The van der Waals surface area contributed by atoms with Gasteiger partial charge in [-0.1, -0.05) is 125 Å². The fourth-order valence-electron chi connectivity index (χ4n) is 7.78. The average molecular weight is 598 g/mol. The van der Waals surface area contributed by atoms with E-state index in [1.165, 1.54) is 10.4 Å². The molecule has 0 bridgehead atoms. The number of hydrogen-bond donors (Lipinski definition) is 0. The molecule has 1 spiro atoms. The Morgan fingerprint density at radius 2 is 1.49 bits per heavy atom. The van der Waals surface area contributed by atoms with E-state index in [-0.39, 0.29) is 35.3 Å². The van der Waals surface area contributed by atoms with Gasteiger partial charge in [0.1, 0.15) is 12.9 Å². The van der Waals surface area contributed by atoms with E-state index in [9.17, 15) is 9.59 Å². The fraction of sp³-hybridized carbons (Fsp3) is 0.459. The van der Waals surface area contributed by atoms with Crippen LogP contribution in [-0.4, -0.2) is 43.8 Å². The summed E-state index contributed by atoms with van der Waals surface area (Å²) in [4.78, 5) is 27.6. The molecule has 2 aliphatic rings. The Morgan fingerprint density at radius 1 is 0.884 bits per heavy atom. The summed E-state index contributed by atoms with van der Waals surface area (Å²) in [5, 5.41) is 2.34. The second kappa shape index (κ2) is 13.6. The van der Waals surface area contributed by atoms with Crippen LogP contribution in [0, 0.1) is 5.92 Å². The lowest BCUT2D eigenvalue weighted by atomic mass is 9.66. The number of carbonyl (C=O) groups is 2. The molecule has 5 rings (SSSR count). The monoisotopic (exact) mass is 597 g/mol. The van der Waals surface area contributed by atoms with E-state index in [4.69, 9.17) is 9.16 Å². The molecule has 228 valence electrons. The molecule has 3 aromatic rings. The molecule has 0 radical (unpaired) electrons. The van der Waals surface area contributed by atoms with Crippen LogP contribution in [0.3, 0.4) is 0 Å². The van der Waals surface area contributed by atoms with Gasteiger partial charge in [0.05, 0.1) is 6.10 Å². The van der Waals surface area contributed by atoms with Gasteiger partial charge in [-0.2, -0.15) is 0 Å². The number of hydrogen-bond acceptors (Lipinski definition) is 4. The third kappa shape index (κ3) is 6.51. The highest BCUT2D eigenvalue weighted by molar-refractivity contribution is 6.99. The summed E-state index contributed by atoms with van der Waals surface area (Å²) in [5.74, 6) is 0.282. The molecule has 43 heavy (non-hydrogen) atoms. The first-order chi connectivity index (χ1) is 20.8. The molecular weight excluding hydrogens is 550 g/mol. The van der Waals surface area contributed by atoms with Crippen LogP contribution >= 0.6 is 0 Å². The van der Waals surface area contributed by atoms with Gasteiger partial charge in [-0.3, -0.25) is 4.90 Å². The summed E-state index contributed by atoms with van der Waals surface area (Å²) in [6.07, 6.45) is 7.92. The Morgan fingerprint density at radius 3 is 2.07 bits per heavy atom. The number of benzene rings is 3. The topological polar surface area (TPSA) is 55.8 Å². The maximum Gasteiger partial charge on any atom is 0.410 e. The van der Waals surface area contributed by atoms with E-state index in [1.807, 2.05) is 35.2 Å². The van der Waals surface area contributed by atoms with Crippen molar-refractivity contribution >= 4 is 31.1 Å². The van der Waals surface area contributed by atoms with Crippen molar-refractivity contribution in [3.63, 3.8) is 0 Å². The average Bonchev–Trinajstić information content (AvgIpc) is 3.03. The summed E-state index contributed by atoms with van der Waals surface area (Å²) in [7, 11) is -2.80. The van der Waals surface area contributed by atoms with Crippen molar-refractivity contribution < 1.29 is 18.8 Å². The van der Waals surface area contributed by atoms with Crippen LogP contribution in [0.1, 0.15) is 77.7 Å². The maximum atomic E-state index is 14.1. The van der Waals surface area contributed by atoms with Gasteiger partial charge in [0.2, 0.25) is 0 Å². The molecule has 3 atom stereocenters. The first-order valence-electron chi connectivity index (χ1n) is 16.0. The summed E-state index contributed by atoms with van der Waals surface area (Å²) >= 11 is 0. The Hall–Kier alpha value is -3.22. The summed E-state index contributed by atoms with van der Waals surface area (Å²) in [6.45, 7) is 7.63. The Kier molecular flexibility index (Phi) is 9.87. The van der Waals surface area contributed by atoms with Crippen LogP contribution in [0.25, 0.3) is 0 Å². The third-order valence-electron chi connectivity index (χ3n) is 9.81. The summed E-state index contributed by atoms with van der Waals surface area (Å²) in [5.41, 5.74) is 0.670. The lowest BCUT2D eigenvalue weighted by Crippen LogP contribution is -2.70. The molecule has 1 saturated heterocycles. The predicted molar refractivity (Wildman–Crippen MR) is 175 cm³/mol. The smallest absolute Gasteiger partial charge is 0.410 e. The second-order valence-corrected chi connectivity index (χ2v) is 17.6. The highest BCUT2D eigenvalue weighted by atomic mass is 28.4. The predicted octanol–water partition coefficient (Wildman–Crippen LogP) is 7.27. The van der Waals surface area contributed by atoms with Gasteiger partial charge in [0.25, 0.3) is 8.32 Å². The van der Waals surface area contributed by atoms with Gasteiger partial charge in [-0.25, -0.2) is 4.79 Å². The quantitative estimate of drug-likeness (QED) is 0.192. The van der Waals surface area contributed by atoms with Gasteiger partial charge >= 0.3 is 6.09 Å². The number of aldehydes is 1. The van der Waals surface area contributed by atoms with E-state index in [2.05, 4.69) is 81.4 Å². The zero-order chi connectivity index (χ0) is 30.3. The number of ether oxygens (including phenoxy) is 1.